The minimum Gasteiger partial charge on any atom is -0.496 e. The lowest BCUT2D eigenvalue weighted by molar-refractivity contribution is 0.0668. The molecule has 2 aliphatic rings. The van der Waals surface area contributed by atoms with Crippen LogP contribution in [-0.2, 0) is 9.73 Å². The van der Waals surface area contributed by atoms with E-state index in [1.54, 1.807) is 25.3 Å². The average molecular weight is 501 g/mol. The summed E-state index contributed by atoms with van der Waals surface area (Å²) >= 11 is 0. The maximum absolute atomic E-state index is 14.1. The van der Waals surface area contributed by atoms with E-state index in [0.717, 1.165) is 12.8 Å². The fourth-order valence-corrected chi connectivity index (χ4v) is 6.84. The maximum Gasteiger partial charge on any atom is 0.146 e. The van der Waals surface area contributed by atoms with Crippen LogP contribution in [0.3, 0.4) is 0 Å². The lowest BCUT2D eigenvalue weighted by Gasteiger charge is -2.27. The first-order valence-electron chi connectivity index (χ1n) is 11.9. The van der Waals surface area contributed by atoms with E-state index in [1.807, 2.05) is 0 Å². The van der Waals surface area contributed by atoms with Crippen molar-refractivity contribution in [1.29, 1.82) is 0 Å². The first-order valence-corrected chi connectivity index (χ1v) is 13.7. The zero-order valence-corrected chi connectivity index (χ0v) is 20.4. The van der Waals surface area contributed by atoms with Gasteiger partial charge in [-0.25, -0.2) is 18.6 Å². The Balaban J connectivity index is 1.49. The van der Waals surface area contributed by atoms with E-state index < -0.39 is 15.5 Å². The van der Waals surface area contributed by atoms with Crippen LogP contribution >= 0.6 is 0 Å². The standard InChI is InChI=1S/C25H29FN4O4S/c1-33-23-14-17(30-35(32)10-2-3-11-35)13-21-24(23)25(28-15-27-21)29-20-9-4-16(26)12-22(20)34-19-7-5-18(31)6-8-19/h4,9,12-15,18-19,31H,2-3,5-8,10-11H2,1H3,(H,27,28,29)/t18-,19-. The van der Waals surface area contributed by atoms with Gasteiger partial charge in [0.2, 0.25) is 0 Å². The molecule has 8 nitrogen and oxygen atoms in total. The number of anilines is 2. The molecule has 186 valence electrons. The van der Waals surface area contributed by atoms with Gasteiger partial charge in [0, 0.05) is 23.6 Å². The Morgan fingerprint density at radius 2 is 1.86 bits per heavy atom. The van der Waals surface area contributed by atoms with Crippen molar-refractivity contribution in [3.8, 4) is 11.5 Å². The third-order valence-corrected chi connectivity index (χ3v) is 8.89. The molecule has 1 aromatic heterocycles. The molecule has 0 spiro atoms. The van der Waals surface area contributed by atoms with Gasteiger partial charge in [0.05, 0.1) is 51.3 Å². The third kappa shape index (κ3) is 5.33. The molecule has 35 heavy (non-hydrogen) atoms. The maximum atomic E-state index is 14.1. The predicted octanol–water partition coefficient (Wildman–Crippen LogP) is 5.10. The summed E-state index contributed by atoms with van der Waals surface area (Å²) in [5.74, 6) is 2.16. The first-order chi connectivity index (χ1) is 16.9. The fourth-order valence-electron chi connectivity index (χ4n) is 4.66. The molecule has 1 aliphatic carbocycles. The third-order valence-electron chi connectivity index (χ3n) is 6.49. The van der Waals surface area contributed by atoms with Crippen LogP contribution in [0, 0.1) is 5.82 Å². The first kappa shape index (κ1) is 23.7. The van der Waals surface area contributed by atoms with Crippen molar-refractivity contribution >= 4 is 37.8 Å². The molecule has 0 atom stereocenters. The SMILES string of the molecule is COc1cc(N=S2(=O)CCCC2)cc2ncnc(Nc3ccc(F)cc3O[C@H]3CC[C@H](O)CC3)c12. The molecule has 2 aromatic carbocycles. The van der Waals surface area contributed by atoms with Crippen LogP contribution < -0.4 is 14.8 Å². The number of aromatic nitrogens is 2. The van der Waals surface area contributed by atoms with Gasteiger partial charge in [-0.3, -0.25) is 0 Å². The van der Waals surface area contributed by atoms with Gasteiger partial charge in [-0.05, 0) is 56.7 Å². The molecular weight excluding hydrogens is 471 g/mol. The topological polar surface area (TPSA) is 106 Å². The number of fused-ring (bicyclic) bond motifs is 1. The van der Waals surface area contributed by atoms with Gasteiger partial charge in [0.15, 0.2) is 0 Å². The highest BCUT2D eigenvalue weighted by molar-refractivity contribution is 7.93. The van der Waals surface area contributed by atoms with Crippen molar-refractivity contribution < 1.29 is 23.2 Å². The summed E-state index contributed by atoms with van der Waals surface area (Å²) in [5, 5.41) is 13.7. The number of hydrogen-bond acceptors (Lipinski definition) is 8. The van der Waals surface area contributed by atoms with Crippen molar-refractivity contribution in [2.24, 2.45) is 4.36 Å². The molecule has 10 heteroatoms. The summed E-state index contributed by atoms with van der Waals surface area (Å²) in [6.45, 7) is 0. The number of halogens is 1. The highest BCUT2D eigenvalue weighted by atomic mass is 32.2. The Labute approximate surface area is 204 Å². The van der Waals surface area contributed by atoms with E-state index in [2.05, 4.69) is 19.6 Å². The number of nitrogens with one attached hydrogen (secondary N) is 1. The number of aliphatic hydroxyl groups excluding tert-OH is 1. The Morgan fingerprint density at radius 1 is 1.09 bits per heavy atom. The summed E-state index contributed by atoms with van der Waals surface area (Å²) in [7, 11) is -0.693. The Bertz CT molecular complexity index is 1340. The lowest BCUT2D eigenvalue weighted by atomic mass is 9.95. The highest BCUT2D eigenvalue weighted by Crippen LogP contribution is 2.38. The summed E-state index contributed by atoms with van der Waals surface area (Å²) < 4.78 is 43.3. The van der Waals surface area contributed by atoms with Crippen molar-refractivity contribution in [3.05, 3.63) is 42.5 Å². The van der Waals surface area contributed by atoms with Crippen molar-refractivity contribution in [1.82, 2.24) is 9.97 Å². The fraction of sp³-hybridized carbons (Fsp3) is 0.440. The van der Waals surface area contributed by atoms with Crippen LogP contribution in [-0.4, -0.2) is 50.1 Å². The second kappa shape index (κ2) is 9.94. The van der Waals surface area contributed by atoms with E-state index in [-0.39, 0.29) is 12.2 Å². The zero-order chi connectivity index (χ0) is 24.4. The summed E-state index contributed by atoms with van der Waals surface area (Å²) in [6.07, 6.45) is 5.61. The molecule has 1 aliphatic heterocycles. The van der Waals surface area contributed by atoms with Gasteiger partial charge < -0.3 is 19.9 Å². The Kier molecular flexibility index (Phi) is 6.75. The van der Waals surface area contributed by atoms with E-state index in [4.69, 9.17) is 9.47 Å². The normalized spacial score (nSPS) is 21.6. The predicted molar refractivity (Wildman–Crippen MR) is 134 cm³/mol. The van der Waals surface area contributed by atoms with Gasteiger partial charge in [0.1, 0.15) is 29.5 Å². The quantitative estimate of drug-likeness (QED) is 0.485. The molecule has 0 unspecified atom stereocenters. The van der Waals surface area contributed by atoms with E-state index in [1.165, 1.54) is 18.5 Å². The smallest absolute Gasteiger partial charge is 0.146 e. The largest absolute Gasteiger partial charge is 0.496 e. The van der Waals surface area contributed by atoms with E-state index in [9.17, 15) is 13.7 Å². The van der Waals surface area contributed by atoms with Crippen LogP contribution in [0.4, 0.5) is 21.6 Å². The van der Waals surface area contributed by atoms with Crippen LogP contribution in [0.15, 0.2) is 41.0 Å². The molecular formula is C25H29FN4O4S. The van der Waals surface area contributed by atoms with Gasteiger partial charge in [0.25, 0.3) is 0 Å². The number of methoxy groups -OCH3 is 1. The number of nitrogens with zero attached hydrogens (tertiary/aromatic N) is 3. The van der Waals surface area contributed by atoms with Gasteiger partial charge in [-0.1, -0.05) is 0 Å². The number of rotatable bonds is 6. The molecule has 0 radical (unpaired) electrons. The molecule has 3 aromatic rings. The highest BCUT2D eigenvalue weighted by Gasteiger charge is 2.23. The molecule has 1 saturated heterocycles. The average Bonchev–Trinajstić information content (AvgIpc) is 3.27. The van der Waals surface area contributed by atoms with Crippen LogP contribution in [0.1, 0.15) is 38.5 Å². The second-order valence-corrected chi connectivity index (χ2v) is 11.6. The van der Waals surface area contributed by atoms with E-state index >= 15 is 0 Å². The molecule has 2 heterocycles. The number of hydrogen-bond donors (Lipinski definition) is 2. The Morgan fingerprint density at radius 3 is 2.60 bits per heavy atom. The van der Waals surface area contributed by atoms with Crippen LogP contribution in [0.5, 0.6) is 11.5 Å². The zero-order valence-electron chi connectivity index (χ0n) is 19.6. The Hall–Kier alpha value is -2.98. The van der Waals surface area contributed by atoms with Crippen molar-refractivity contribution in [3.63, 3.8) is 0 Å². The van der Waals surface area contributed by atoms with E-state index in [0.29, 0.717) is 76.8 Å². The monoisotopic (exact) mass is 500 g/mol. The summed E-state index contributed by atoms with van der Waals surface area (Å²) in [6, 6.07) is 7.85. The molecule has 0 amide bonds. The van der Waals surface area contributed by atoms with Crippen molar-refractivity contribution in [2.45, 2.75) is 50.7 Å². The second-order valence-electron chi connectivity index (χ2n) is 9.06. The minimum absolute atomic E-state index is 0.0981. The van der Waals surface area contributed by atoms with Gasteiger partial charge in [-0.15, -0.1) is 0 Å². The van der Waals surface area contributed by atoms with Crippen LogP contribution in [0.25, 0.3) is 10.9 Å². The molecule has 2 fully saturated rings. The van der Waals surface area contributed by atoms with Gasteiger partial charge in [-0.2, -0.15) is 4.36 Å². The van der Waals surface area contributed by atoms with Crippen LogP contribution in [0.2, 0.25) is 0 Å². The number of benzene rings is 2. The number of ether oxygens (including phenoxy) is 2. The molecule has 2 N–H and O–H groups in total. The van der Waals surface area contributed by atoms with Gasteiger partial charge >= 0.3 is 0 Å². The molecule has 5 rings (SSSR count). The lowest BCUT2D eigenvalue weighted by Crippen LogP contribution is -2.26. The minimum atomic E-state index is -2.24. The molecule has 0 bridgehead atoms. The summed E-state index contributed by atoms with van der Waals surface area (Å²) in [4.78, 5) is 8.79. The number of aliphatic hydroxyl groups is 1. The summed E-state index contributed by atoms with van der Waals surface area (Å²) in [5.41, 5.74) is 1.71. The molecule has 1 saturated carbocycles. The van der Waals surface area contributed by atoms with Crippen molar-refractivity contribution in [2.75, 3.05) is 23.9 Å².